The maximum absolute atomic E-state index is 11.0. The van der Waals surface area contributed by atoms with Gasteiger partial charge in [-0.25, -0.2) is 0 Å². The van der Waals surface area contributed by atoms with Crippen LogP contribution in [0.15, 0.2) is 23.8 Å². The van der Waals surface area contributed by atoms with Gasteiger partial charge in [-0.2, -0.15) is 0 Å². The Bertz CT molecular complexity index is 522. The number of benzene rings is 1. The Kier molecular flexibility index (Phi) is 4.45. The zero-order valence-corrected chi connectivity index (χ0v) is 12.2. The Morgan fingerprint density at radius 3 is 2.55 bits per heavy atom. The first-order chi connectivity index (χ1) is 9.47. The monoisotopic (exact) mass is 275 g/mol. The normalized spacial score (nSPS) is 17.9. The molecule has 0 bridgehead atoms. The van der Waals surface area contributed by atoms with E-state index >= 15 is 0 Å². The summed E-state index contributed by atoms with van der Waals surface area (Å²) in [6.45, 7) is 7.21. The summed E-state index contributed by atoms with van der Waals surface area (Å²) in [5.41, 5.74) is 9.16. The average molecular weight is 275 g/mol. The number of carbonyl (C=O) groups is 1. The van der Waals surface area contributed by atoms with Gasteiger partial charge in [0.15, 0.2) is 0 Å². The minimum atomic E-state index is -0.372. The molecule has 1 aromatic carbocycles. The average Bonchev–Trinajstić information content (AvgIpc) is 3.18. The molecule has 1 aliphatic rings. The van der Waals surface area contributed by atoms with Crippen LogP contribution in [-0.4, -0.2) is 25.2 Å². The molecule has 1 amide bonds. The van der Waals surface area contributed by atoms with E-state index in [1.54, 1.807) is 6.92 Å². The molecule has 2 rings (SSSR count). The molecule has 1 atom stereocenters. The fourth-order valence-corrected chi connectivity index (χ4v) is 2.10. The molecule has 1 aromatic rings. The molecule has 20 heavy (non-hydrogen) atoms. The molecule has 108 valence electrons. The highest BCUT2D eigenvalue weighted by Gasteiger charge is 2.23. The molecular formula is C16H21NO3. The zero-order chi connectivity index (χ0) is 14.7. The van der Waals surface area contributed by atoms with Gasteiger partial charge in [-0.15, -0.1) is 0 Å². The molecule has 0 spiro atoms. The SMILES string of the molecule is C/C(=C\Cc1cc(C)c(OCC2CO2)c(C)c1)C(N)=O. The summed E-state index contributed by atoms with van der Waals surface area (Å²) in [6.07, 6.45) is 2.81. The highest BCUT2D eigenvalue weighted by atomic mass is 16.6. The predicted octanol–water partition coefficient (Wildman–Crippen LogP) is 2.06. The lowest BCUT2D eigenvalue weighted by Crippen LogP contribution is -2.11. The summed E-state index contributed by atoms with van der Waals surface area (Å²) in [5, 5.41) is 0. The summed E-state index contributed by atoms with van der Waals surface area (Å²) < 4.78 is 10.9. The Morgan fingerprint density at radius 2 is 2.05 bits per heavy atom. The topological polar surface area (TPSA) is 64.8 Å². The number of amides is 1. The fraction of sp³-hybridized carbons (Fsp3) is 0.438. The standard InChI is InChI=1S/C16H21NO3/c1-10(16(17)18)4-5-13-6-11(2)15(12(3)7-13)20-9-14-8-19-14/h4,6-7,14H,5,8-9H2,1-3H3,(H2,17,18)/b10-4+. The molecule has 1 fully saturated rings. The quantitative estimate of drug-likeness (QED) is 0.638. The number of nitrogens with two attached hydrogens (primary N) is 1. The van der Waals surface area contributed by atoms with Gasteiger partial charge in [-0.1, -0.05) is 18.2 Å². The van der Waals surface area contributed by atoms with E-state index in [2.05, 4.69) is 12.1 Å². The molecule has 0 saturated carbocycles. The van der Waals surface area contributed by atoms with E-state index < -0.39 is 0 Å². The molecule has 1 saturated heterocycles. The van der Waals surface area contributed by atoms with Crippen molar-refractivity contribution in [3.63, 3.8) is 0 Å². The van der Waals surface area contributed by atoms with Gasteiger partial charge >= 0.3 is 0 Å². The molecule has 4 heteroatoms. The first-order valence-electron chi connectivity index (χ1n) is 6.78. The molecular weight excluding hydrogens is 254 g/mol. The van der Waals surface area contributed by atoms with E-state index in [1.807, 2.05) is 19.9 Å². The van der Waals surface area contributed by atoms with Gasteiger partial charge in [0.05, 0.1) is 6.61 Å². The van der Waals surface area contributed by atoms with E-state index in [0.717, 1.165) is 29.0 Å². The summed E-state index contributed by atoms with van der Waals surface area (Å²) in [4.78, 5) is 11.0. The molecule has 1 aliphatic heterocycles. The largest absolute Gasteiger partial charge is 0.490 e. The van der Waals surface area contributed by atoms with Crippen LogP contribution in [-0.2, 0) is 16.0 Å². The van der Waals surface area contributed by atoms with Crippen LogP contribution in [0.1, 0.15) is 23.6 Å². The van der Waals surface area contributed by atoms with Crippen molar-refractivity contribution in [1.29, 1.82) is 0 Å². The van der Waals surface area contributed by atoms with Crippen LogP contribution in [0.3, 0.4) is 0 Å². The number of aryl methyl sites for hydroxylation is 2. The highest BCUT2D eigenvalue weighted by Crippen LogP contribution is 2.26. The maximum Gasteiger partial charge on any atom is 0.244 e. The van der Waals surface area contributed by atoms with Crippen LogP contribution in [0.25, 0.3) is 0 Å². The lowest BCUT2D eigenvalue weighted by atomic mass is 10.0. The number of primary amides is 1. The number of allylic oxidation sites excluding steroid dienone is 1. The predicted molar refractivity (Wildman–Crippen MR) is 77.8 cm³/mol. The van der Waals surface area contributed by atoms with Crippen LogP contribution in [0.5, 0.6) is 5.75 Å². The van der Waals surface area contributed by atoms with Crippen molar-refractivity contribution in [2.24, 2.45) is 5.73 Å². The van der Waals surface area contributed by atoms with Gasteiger partial charge in [-0.05, 0) is 43.9 Å². The van der Waals surface area contributed by atoms with Crippen LogP contribution in [0.4, 0.5) is 0 Å². The van der Waals surface area contributed by atoms with E-state index in [-0.39, 0.29) is 12.0 Å². The summed E-state index contributed by atoms with van der Waals surface area (Å²) >= 11 is 0. The molecule has 4 nitrogen and oxygen atoms in total. The van der Waals surface area contributed by atoms with Crippen LogP contribution >= 0.6 is 0 Å². The zero-order valence-electron chi connectivity index (χ0n) is 12.2. The summed E-state index contributed by atoms with van der Waals surface area (Å²) in [5.74, 6) is 0.558. The molecule has 1 heterocycles. The Labute approximate surface area is 119 Å². The molecule has 0 aromatic heterocycles. The Hall–Kier alpha value is -1.81. The van der Waals surface area contributed by atoms with Crippen molar-refractivity contribution in [2.45, 2.75) is 33.3 Å². The minimum Gasteiger partial charge on any atom is -0.490 e. The fourth-order valence-electron chi connectivity index (χ4n) is 2.10. The first-order valence-corrected chi connectivity index (χ1v) is 6.78. The molecule has 2 N–H and O–H groups in total. The van der Waals surface area contributed by atoms with Crippen molar-refractivity contribution in [3.05, 3.63) is 40.5 Å². The highest BCUT2D eigenvalue weighted by molar-refractivity contribution is 5.91. The second-order valence-corrected chi connectivity index (χ2v) is 5.28. The van der Waals surface area contributed by atoms with Gasteiger partial charge in [-0.3, -0.25) is 4.79 Å². The Balaban J connectivity index is 2.08. The second kappa shape index (κ2) is 6.09. The van der Waals surface area contributed by atoms with Crippen LogP contribution in [0, 0.1) is 13.8 Å². The minimum absolute atomic E-state index is 0.259. The van der Waals surface area contributed by atoms with Crippen molar-refractivity contribution >= 4 is 5.91 Å². The van der Waals surface area contributed by atoms with Gasteiger partial charge in [0.2, 0.25) is 5.91 Å². The summed E-state index contributed by atoms with van der Waals surface area (Å²) in [7, 11) is 0. The van der Waals surface area contributed by atoms with Gasteiger partial charge in [0, 0.05) is 5.57 Å². The number of ether oxygens (including phenoxy) is 2. The lowest BCUT2D eigenvalue weighted by molar-refractivity contribution is -0.114. The number of hydrogen-bond acceptors (Lipinski definition) is 3. The molecule has 0 aliphatic carbocycles. The van der Waals surface area contributed by atoms with E-state index in [1.165, 1.54) is 0 Å². The molecule has 1 unspecified atom stereocenters. The third-order valence-corrected chi connectivity index (χ3v) is 3.37. The Morgan fingerprint density at radius 1 is 1.45 bits per heavy atom. The van der Waals surface area contributed by atoms with Gasteiger partial charge in [0.25, 0.3) is 0 Å². The lowest BCUT2D eigenvalue weighted by Gasteiger charge is -2.13. The van der Waals surface area contributed by atoms with E-state index in [4.69, 9.17) is 15.2 Å². The van der Waals surface area contributed by atoms with Crippen LogP contribution < -0.4 is 10.5 Å². The number of epoxide rings is 1. The number of carbonyl (C=O) groups excluding carboxylic acids is 1. The second-order valence-electron chi connectivity index (χ2n) is 5.28. The summed E-state index contributed by atoms with van der Waals surface area (Å²) in [6, 6.07) is 4.17. The maximum atomic E-state index is 11.0. The van der Waals surface area contributed by atoms with Crippen molar-refractivity contribution in [3.8, 4) is 5.75 Å². The first kappa shape index (κ1) is 14.6. The number of rotatable bonds is 6. The van der Waals surface area contributed by atoms with Crippen molar-refractivity contribution < 1.29 is 14.3 Å². The van der Waals surface area contributed by atoms with E-state index in [0.29, 0.717) is 18.6 Å². The number of hydrogen-bond donors (Lipinski definition) is 1. The third-order valence-electron chi connectivity index (χ3n) is 3.37. The van der Waals surface area contributed by atoms with Gasteiger partial charge < -0.3 is 15.2 Å². The van der Waals surface area contributed by atoms with E-state index in [9.17, 15) is 4.79 Å². The molecule has 0 radical (unpaired) electrons. The van der Waals surface area contributed by atoms with Gasteiger partial charge in [0.1, 0.15) is 18.5 Å². The smallest absolute Gasteiger partial charge is 0.244 e. The van der Waals surface area contributed by atoms with Crippen molar-refractivity contribution in [2.75, 3.05) is 13.2 Å². The van der Waals surface area contributed by atoms with Crippen LogP contribution in [0.2, 0.25) is 0 Å². The third kappa shape index (κ3) is 3.84. The van der Waals surface area contributed by atoms with Crippen molar-refractivity contribution in [1.82, 2.24) is 0 Å².